The Hall–Kier alpha value is -3.64. The summed E-state index contributed by atoms with van der Waals surface area (Å²) in [6.45, 7) is 0.751. The average Bonchev–Trinajstić information content (AvgIpc) is 3.20. The van der Waals surface area contributed by atoms with Gasteiger partial charge in [0.1, 0.15) is 11.4 Å². The van der Waals surface area contributed by atoms with Crippen molar-refractivity contribution in [3.05, 3.63) is 100 Å². The van der Waals surface area contributed by atoms with Gasteiger partial charge in [-0.2, -0.15) is 0 Å². The number of phenolic OH excluding ortho intramolecular Hbond substituents is 1. The minimum Gasteiger partial charge on any atom is -0.507 e. The summed E-state index contributed by atoms with van der Waals surface area (Å²) in [6, 6.07) is 21.2. The molecule has 33 heavy (non-hydrogen) atoms. The number of aromatic hydroxyl groups is 1. The van der Waals surface area contributed by atoms with Gasteiger partial charge < -0.3 is 20.3 Å². The summed E-state index contributed by atoms with van der Waals surface area (Å²) >= 11 is 6.14. The fourth-order valence-corrected chi connectivity index (χ4v) is 5.13. The number of hydrogen-bond acceptors (Lipinski definition) is 4. The lowest BCUT2D eigenvalue weighted by Gasteiger charge is -2.47. The summed E-state index contributed by atoms with van der Waals surface area (Å²) in [6.07, 6.45) is 0.267. The molecule has 0 aliphatic carbocycles. The van der Waals surface area contributed by atoms with E-state index in [0.29, 0.717) is 35.7 Å². The summed E-state index contributed by atoms with van der Waals surface area (Å²) in [5, 5.41) is 19.1. The largest absolute Gasteiger partial charge is 0.507 e. The molecule has 5 rings (SSSR count). The van der Waals surface area contributed by atoms with E-state index >= 15 is 0 Å². The molecule has 0 bridgehead atoms. The van der Waals surface area contributed by atoms with Crippen molar-refractivity contribution >= 4 is 29.1 Å². The maximum Gasteiger partial charge on any atom is 0.256 e. The van der Waals surface area contributed by atoms with Gasteiger partial charge in [-0.3, -0.25) is 9.59 Å². The highest BCUT2D eigenvalue weighted by Crippen LogP contribution is 2.45. The smallest absolute Gasteiger partial charge is 0.256 e. The SMILES string of the molecule is N=C(CC(=O)N1CCN2C(=O)c3ccccc3CC12c1ccc(Cl)cc1)c1ccccc1O. The molecule has 3 aromatic carbocycles. The van der Waals surface area contributed by atoms with Gasteiger partial charge in [0.15, 0.2) is 0 Å². The number of nitrogens with one attached hydrogen (secondary N) is 1. The summed E-state index contributed by atoms with van der Waals surface area (Å²) in [5.74, 6) is -0.418. The molecule has 3 aromatic rings. The van der Waals surface area contributed by atoms with Crippen LogP contribution in [0.15, 0.2) is 72.8 Å². The second kappa shape index (κ2) is 8.05. The first-order valence-electron chi connectivity index (χ1n) is 10.7. The standard InChI is InChI=1S/C26H22ClN3O3/c27-19-11-9-18(10-12-19)26-16-17-5-1-2-6-20(17)25(33)30(26)14-13-29(26)24(32)15-22(28)21-7-3-4-8-23(21)31/h1-12,28,31H,13-16H2. The number of rotatable bonds is 4. The van der Waals surface area contributed by atoms with Crippen LogP contribution in [0.5, 0.6) is 5.75 Å². The number of nitrogens with zero attached hydrogens (tertiary/aromatic N) is 2. The van der Waals surface area contributed by atoms with Gasteiger partial charge in [0.05, 0.1) is 12.1 Å². The van der Waals surface area contributed by atoms with Crippen molar-refractivity contribution < 1.29 is 14.7 Å². The van der Waals surface area contributed by atoms with E-state index in [-0.39, 0.29) is 29.7 Å². The van der Waals surface area contributed by atoms with E-state index in [1.165, 1.54) is 6.07 Å². The molecule has 2 N–H and O–H groups in total. The Morgan fingerprint density at radius 1 is 1.00 bits per heavy atom. The Morgan fingerprint density at radius 2 is 1.70 bits per heavy atom. The fourth-order valence-electron chi connectivity index (χ4n) is 5.00. The zero-order chi connectivity index (χ0) is 23.2. The lowest BCUT2D eigenvalue weighted by molar-refractivity contribution is -0.138. The molecule has 2 heterocycles. The number of halogens is 1. The molecular formula is C26H22ClN3O3. The van der Waals surface area contributed by atoms with Crippen LogP contribution in [0.2, 0.25) is 5.02 Å². The number of carbonyl (C=O) groups is 2. The van der Waals surface area contributed by atoms with Crippen LogP contribution in [0.1, 0.15) is 33.5 Å². The van der Waals surface area contributed by atoms with Gasteiger partial charge in [0.25, 0.3) is 5.91 Å². The first-order chi connectivity index (χ1) is 15.9. The molecule has 0 spiro atoms. The van der Waals surface area contributed by atoms with Crippen molar-refractivity contribution in [3.63, 3.8) is 0 Å². The molecular weight excluding hydrogens is 438 g/mol. The van der Waals surface area contributed by atoms with Crippen LogP contribution < -0.4 is 0 Å². The molecule has 1 saturated heterocycles. The maximum atomic E-state index is 13.6. The van der Waals surface area contributed by atoms with E-state index in [1.54, 1.807) is 40.1 Å². The second-order valence-electron chi connectivity index (χ2n) is 8.33. The number of carbonyl (C=O) groups excluding carboxylic acids is 2. The Kier molecular flexibility index (Phi) is 5.17. The van der Waals surface area contributed by atoms with Crippen LogP contribution in [-0.4, -0.2) is 45.5 Å². The highest BCUT2D eigenvalue weighted by Gasteiger charge is 2.55. The van der Waals surface area contributed by atoms with Crippen LogP contribution in [0, 0.1) is 5.41 Å². The zero-order valence-electron chi connectivity index (χ0n) is 17.8. The zero-order valence-corrected chi connectivity index (χ0v) is 18.5. The van der Waals surface area contributed by atoms with Gasteiger partial charge in [-0.05, 0) is 41.5 Å². The van der Waals surface area contributed by atoms with Crippen molar-refractivity contribution in [1.82, 2.24) is 9.80 Å². The predicted molar refractivity (Wildman–Crippen MR) is 126 cm³/mol. The molecule has 166 valence electrons. The van der Waals surface area contributed by atoms with E-state index in [4.69, 9.17) is 17.0 Å². The van der Waals surface area contributed by atoms with Gasteiger partial charge in [-0.1, -0.05) is 54.1 Å². The van der Waals surface area contributed by atoms with Crippen molar-refractivity contribution in [2.75, 3.05) is 13.1 Å². The maximum absolute atomic E-state index is 13.6. The first kappa shape index (κ1) is 21.2. The van der Waals surface area contributed by atoms with Crippen LogP contribution in [-0.2, 0) is 16.9 Å². The Bertz CT molecular complexity index is 1270. The van der Waals surface area contributed by atoms with Crippen LogP contribution in [0.25, 0.3) is 0 Å². The monoisotopic (exact) mass is 459 g/mol. The summed E-state index contributed by atoms with van der Waals surface area (Å²) < 4.78 is 0. The normalized spacial score (nSPS) is 19.2. The summed E-state index contributed by atoms with van der Waals surface area (Å²) in [7, 11) is 0. The van der Waals surface area contributed by atoms with E-state index in [2.05, 4.69) is 0 Å². The van der Waals surface area contributed by atoms with Crippen molar-refractivity contribution in [2.24, 2.45) is 0 Å². The molecule has 0 aromatic heterocycles. The third-order valence-electron chi connectivity index (χ3n) is 6.53. The molecule has 2 aliphatic rings. The molecule has 2 aliphatic heterocycles. The molecule has 6 nitrogen and oxygen atoms in total. The van der Waals surface area contributed by atoms with Gasteiger partial charge in [0.2, 0.25) is 5.91 Å². The number of para-hydroxylation sites is 1. The lowest BCUT2D eigenvalue weighted by Crippen LogP contribution is -2.58. The molecule has 1 atom stereocenters. The van der Waals surface area contributed by atoms with Crippen molar-refractivity contribution in [3.8, 4) is 5.75 Å². The second-order valence-corrected chi connectivity index (χ2v) is 8.77. The Morgan fingerprint density at radius 3 is 2.45 bits per heavy atom. The van der Waals surface area contributed by atoms with Crippen LogP contribution in [0.4, 0.5) is 0 Å². The average molecular weight is 460 g/mol. The number of fused-ring (bicyclic) bond motifs is 2. The van der Waals surface area contributed by atoms with E-state index in [9.17, 15) is 14.7 Å². The fraction of sp³-hybridized carbons (Fsp3) is 0.192. The number of benzene rings is 3. The highest BCUT2D eigenvalue weighted by atomic mass is 35.5. The predicted octanol–water partition coefficient (Wildman–Crippen LogP) is 4.20. The third kappa shape index (κ3) is 3.38. The first-order valence-corrected chi connectivity index (χ1v) is 11.1. The molecule has 1 fully saturated rings. The number of amides is 2. The summed E-state index contributed by atoms with van der Waals surface area (Å²) in [5.41, 5.74) is 1.70. The van der Waals surface area contributed by atoms with Crippen molar-refractivity contribution in [1.29, 1.82) is 5.41 Å². The lowest BCUT2D eigenvalue weighted by atomic mass is 9.83. The summed E-state index contributed by atoms with van der Waals surface area (Å²) in [4.78, 5) is 30.6. The highest BCUT2D eigenvalue weighted by molar-refractivity contribution is 6.30. The van der Waals surface area contributed by atoms with E-state index < -0.39 is 5.66 Å². The molecule has 0 radical (unpaired) electrons. The third-order valence-corrected chi connectivity index (χ3v) is 6.79. The Balaban J connectivity index is 1.57. The number of phenols is 1. The van der Waals surface area contributed by atoms with Crippen LogP contribution >= 0.6 is 11.6 Å². The van der Waals surface area contributed by atoms with Gasteiger partial charge in [-0.15, -0.1) is 0 Å². The minimum atomic E-state index is -0.994. The van der Waals surface area contributed by atoms with Gasteiger partial charge in [0, 0.05) is 35.7 Å². The van der Waals surface area contributed by atoms with Crippen LogP contribution in [0.3, 0.4) is 0 Å². The quantitative estimate of drug-likeness (QED) is 0.573. The molecule has 2 amide bonds. The van der Waals surface area contributed by atoms with Gasteiger partial charge in [-0.25, -0.2) is 0 Å². The van der Waals surface area contributed by atoms with E-state index in [0.717, 1.165) is 11.1 Å². The topological polar surface area (TPSA) is 84.7 Å². The number of hydrogen-bond donors (Lipinski definition) is 2. The molecule has 7 heteroatoms. The molecule has 0 saturated carbocycles. The van der Waals surface area contributed by atoms with Gasteiger partial charge >= 0.3 is 0 Å². The Labute approximate surface area is 196 Å². The van der Waals surface area contributed by atoms with Crippen molar-refractivity contribution in [2.45, 2.75) is 18.5 Å². The minimum absolute atomic E-state index is 0.0327. The van der Waals surface area contributed by atoms with E-state index in [1.807, 2.05) is 36.4 Å². The molecule has 1 unspecified atom stereocenters.